The van der Waals surface area contributed by atoms with Crippen LogP contribution >= 0.6 is 0 Å². The number of rotatable bonds is 5. The SMILES string of the molecule is CC[C@H](C)NC(=O)[C@H]1CCCN1C(=O)OCC(C)C. The van der Waals surface area contributed by atoms with Crippen LogP contribution in [-0.4, -0.2) is 42.1 Å². The van der Waals surface area contributed by atoms with Crippen molar-refractivity contribution in [2.24, 2.45) is 5.92 Å². The summed E-state index contributed by atoms with van der Waals surface area (Å²) in [6.07, 6.45) is 2.10. The van der Waals surface area contributed by atoms with Crippen molar-refractivity contribution >= 4 is 12.0 Å². The van der Waals surface area contributed by atoms with Crippen molar-refractivity contribution < 1.29 is 14.3 Å². The van der Waals surface area contributed by atoms with Gasteiger partial charge in [-0.1, -0.05) is 20.8 Å². The molecule has 0 aliphatic carbocycles. The summed E-state index contributed by atoms with van der Waals surface area (Å²) in [6.45, 7) is 8.97. The normalized spacial score (nSPS) is 20.5. The second-order valence-electron chi connectivity index (χ2n) is 5.64. The zero-order chi connectivity index (χ0) is 14.4. The first-order valence-electron chi connectivity index (χ1n) is 7.19. The number of likely N-dealkylation sites (tertiary alicyclic amines) is 1. The lowest BCUT2D eigenvalue weighted by molar-refractivity contribution is -0.125. The van der Waals surface area contributed by atoms with Crippen molar-refractivity contribution in [1.82, 2.24) is 10.2 Å². The first-order valence-corrected chi connectivity index (χ1v) is 7.19. The highest BCUT2D eigenvalue weighted by molar-refractivity contribution is 5.86. The minimum absolute atomic E-state index is 0.0617. The number of carbonyl (C=O) groups excluding carboxylic acids is 2. The van der Waals surface area contributed by atoms with Crippen LogP contribution < -0.4 is 5.32 Å². The zero-order valence-corrected chi connectivity index (χ0v) is 12.4. The van der Waals surface area contributed by atoms with Crippen molar-refractivity contribution in [2.75, 3.05) is 13.2 Å². The predicted molar refractivity (Wildman–Crippen MR) is 73.8 cm³/mol. The average Bonchev–Trinajstić information content (AvgIpc) is 2.84. The molecular formula is C14H26N2O3. The Bertz CT molecular complexity index is 318. The average molecular weight is 270 g/mol. The molecule has 0 radical (unpaired) electrons. The van der Waals surface area contributed by atoms with Gasteiger partial charge in [0.2, 0.25) is 5.91 Å². The van der Waals surface area contributed by atoms with Crippen LogP contribution in [0.1, 0.15) is 47.0 Å². The van der Waals surface area contributed by atoms with Gasteiger partial charge in [-0.2, -0.15) is 0 Å². The highest BCUT2D eigenvalue weighted by Crippen LogP contribution is 2.19. The van der Waals surface area contributed by atoms with Crippen molar-refractivity contribution in [3.05, 3.63) is 0 Å². The highest BCUT2D eigenvalue weighted by atomic mass is 16.6. The van der Waals surface area contributed by atoms with Gasteiger partial charge in [0.25, 0.3) is 0 Å². The molecule has 5 heteroatoms. The molecule has 0 unspecified atom stereocenters. The van der Waals surface area contributed by atoms with E-state index in [0.29, 0.717) is 19.1 Å². The van der Waals surface area contributed by atoms with Gasteiger partial charge < -0.3 is 10.1 Å². The van der Waals surface area contributed by atoms with Gasteiger partial charge in [0.05, 0.1) is 6.61 Å². The van der Waals surface area contributed by atoms with Gasteiger partial charge in [-0.3, -0.25) is 9.69 Å². The Balaban J connectivity index is 2.53. The zero-order valence-electron chi connectivity index (χ0n) is 12.4. The molecule has 1 heterocycles. The summed E-state index contributed by atoms with van der Waals surface area (Å²) in [5, 5.41) is 2.93. The summed E-state index contributed by atoms with van der Waals surface area (Å²) >= 11 is 0. The van der Waals surface area contributed by atoms with E-state index in [1.165, 1.54) is 0 Å². The van der Waals surface area contributed by atoms with Crippen LogP contribution in [0, 0.1) is 5.92 Å². The third-order valence-corrected chi connectivity index (χ3v) is 3.33. The molecule has 0 aromatic carbocycles. The molecular weight excluding hydrogens is 244 g/mol. The van der Waals surface area contributed by atoms with Crippen LogP contribution in [0.15, 0.2) is 0 Å². The van der Waals surface area contributed by atoms with Gasteiger partial charge in [0.15, 0.2) is 0 Å². The van der Waals surface area contributed by atoms with E-state index < -0.39 is 0 Å². The van der Waals surface area contributed by atoms with E-state index >= 15 is 0 Å². The fraction of sp³-hybridized carbons (Fsp3) is 0.857. The van der Waals surface area contributed by atoms with E-state index in [0.717, 1.165) is 19.3 Å². The molecule has 2 amide bonds. The fourth-order valence-corrected chi connectivity index (χ4v) is 2.02. The topological polar surface area (TPSA) is 58.6 Å². The van der Waals surface area contributed by atoms with Gasteiger partial charge in [-0.15, -0.1) is 0 Å². The number of ether oxygens (including phenoxy) is 1. The molecule has 1 aliphatic rings. The van der Waals surface area contributed by atoms with Crippen LogP contribution in [0.5, 0.6) is 0 Å². The molecule has 1 aliphatic heterocycles. The predicted octanol–water partition coefficient (Wildman–Crippen LogP) is 2.16. The lowest BCUT2D eigenvalue weighted by atomic mass is 10.2. The maximum absolute atomic E-state index is 12.1. The van der Waals surface area contributed by atoms with Gasteiger partial charge in [0, 0.05) is 12.6 Å². The summed E-state index contributed by atoms with van der Waals surface area (Å²) in [6, 6.07) is -0.227. The molecule has 110 valence electrons. The van der Waals surface area contributed by atoms with Crippen LogP contribution in [-0.2, 0) is 9.53 Å². The van der Waals surface area contributed by atoms with E-state index in [-0.39, 0.29) is 24.1 Å². The van der Waals surface area contributed by atoms with Crippen molar-refractivity contribution in [1.29, 1.82) is 0 Å². The summed E-state index contributed by atoms with van der Waals surface area (Å²) in [5.74, 6) is 0.243. The Morgan fingerprint density at radius 2 is 2.05 bits per heavy atom. The Kier molecular flexibility index (Phi) is 6.12. The minimum atomic E-state index is -0.367. The molecule has 0 saturated carbocycles. The van der Waals surface area contributed by atoms with Crippen LogP contribution in [0.25, 0.3) is 0 Å². The maximum Gasteiger partial charge on any atom is 0.410 e. The van der Waals surface area contributed by atoms with E-state index in [4.69, 9.17) is 4.74 Å². The molecule has 1 saturated heterocycles. The fourth-order valence-electron chi connectivity index (χ4n) is 2.02. The minimum Gasteiger partial charge on any atom is -0.449 e. The third kappa shape index (κ3) is 4.73. The molecule has 19 heavy (non-hydrogen) atoms. The standard InChI is InChI=1S/C14H26N2O3/c1-5-11(4)15-13(17)12-7-6-8-16(12)14(18)19-9-10(2)3/h10-12H,5-9H2,1-4H3,(H,15,17)/t11-,12+/m0/s1. The maximum atomic E-state index is 12.1. The Morgan fingerprint density at radius 3 is 2.63 bits per heavy atom. The third-order valence-electron chi connectivity index (χ3n) is 3.33. The van der Waals surface area contributed by atoms with E-state index in [1.54, 1.807) is 4.90 Å². The number of nitrogens with one attached hydrogen (secondary N) is 1. The van der Waals surface area contributed by atoms with Crippen molar-refractivity contribution in [3.63, 3.8) is 0 Å². The second kappa shape index (κ2) is 7.36. The van der Waals surface area contributed by atoms with Crippen LogP contribution in [0.3, 0.4) is 0 Å². The molecule has 1 N–H and O–H groups in total. The number of nitrogens with zero attached hydrogens (tertiary/aromatic N) is 1. The molecule has 0 spiro atoms. The van der Waals surface area contributed by atoms with Gasteiger partial charge in [-0.25, -0.2) is 4.79 Å². The largest absolute Gasteiger partial charge is 0.449 e. The Morgan fingerprint density at radius 1 is 1.37 bits per heavy atom. The first-order chi connectivity index (χ1) is 8.95. The van der Waals surface area contributed by atoms with Crippen molar-refractivity contribution in [3.8, 4) is 0 Å². The Hall–Kier alpha value is -1.26. The number of amides is 2. The van der Waals surface area contributed by atoms with Crippen LogP contribution in [0.4, 0.5) is 4.79 Å². The van der Waals surface area contributed by atoms with Crippen LogP contribution in [0.2, 0.25) is 0 Å². The lowest BCUT2D eigenvalue weighted by Crippen LogP contribution is -2.48. The molecule has 5 nitrogen and oxygen atoms in total. The lowest BCUT2D eigenvalue weighted by Gasteiger charge is -2.25. The van der Waals surface area contributed by atoms with E-state index in [9.17, 15) is 9.59 Å². The number of carbonyl (C=O) groups is 2. The molecule has 1 rings (SSSR count). The number of hydrogen-bond acceptors (Lipinski definition) is 3. The molecule has 1 fully saturated rings. The summed E-state index contributed by atoms with van der Waals surface area (Å²) < 4.78 is 5.21. The van der Waals surface area contributed by atoms with Gasteiger partial charge in [0.1, 0.15) is 6.04 Å². The second-order valence-corrected chi connectivity index (χ2v) is 5.64. The van der Waals surface area contributed by atoms with E-state index in [2.05, 4.69) is 5.32 Å². The summed E-state index contributed by atoms with van der Waals surface area (Å²) in [5.41, 5.74) is 0. The molecule has 2 atom stereocenters. The molecule has 0 aromatic heterocycles. The van der Waals surface area contributed by atoms with Crippen molar-refractivity contribution in [2.45, 2.75) is 59.0 Å². The van der Waals surface area contributed by atoms with Gasteiger partial charge in [-0.05, 0) is 32.1 Å². The molecule has 0 bridgehead atoms. The quantitative estimate of drug-likeness (QED) is 0.833. The molecule has 0 aromatic rings. The van der Waals surface area contributed by atoms with Gasteiger partial charge >= 0.3 is 6.09 Å². The first kappa shape index (κ1) is 15.8. The summed E-state index contributed by atoms with van der Waals surface area (Å²) in [4.78, 5) is 25.6. The number of hydrogen-bond donors (Lipinski definition) is 1. The monoisotopic (exact) mass is 270 g/mol. The summed E-state index contributed by atoms with van der Waals surface area (Å²) in [7, 11) is 0. The van der Waals surface area contributed by atoms with E-state index in [1.807, 2.05) is 27.7 Å². The highest BCUT2D eigenvalue weighted by Gasteiger charge is 2.35. The smallest absolute Gasteiger partial charge is 0.410 e. The Labute approximate surface area is 115 Å².